The highest BCUT2D eigenvalue weighted by Crippen LogP contribution is 2.64. The number of allylic oxidation sites excluding steroid dienone is 1. The van der Waals surface area contributed by atoms with Crippen molar-refractivity contribution in [1.82, 2.24) is 0 Å². The number of hydrogen-bond acceptors (Lipinski definition) is 2. The van der Waals surface area contributed by atoms with Crippen LogP contribution in [0.5, 0.6) is 0 Å². The van der Waals surface area contributed by atoms with Gasteiger partial charge in [0.25, 0.3) is 0 Å². The molecule has 4 atom stereocenters. The van der Waals surface area contributed by atoms with Crippen LogP contribution in [0.4, 0.5) is 0 Å². The number of alkyl halides is 2. The first kappa shape index (κ1) is 9.28. The highest BCUT2D eigenvalue weighted by atomic mass is 79.9. The molecule has 1 saturated carbocycles. The molecule has 0 unspecified atom stereocenters. The van der Waals surface area contributed by atoms with Crippen LogP contribution in [0.3, 0.4) is 0 Å². The molecule has 0 aromatic heterocycles. The van der Waals surface area contributed by atoms with Crippen molar-refractivity contribution >= 4 is 39.1 Å². The topological polar surface area (TPSA) is 40.5 Å². The Hall–Kier alpha value is 0.720. The molecule has 68 valence electrons. The standard InChI is InChI=1S/C7H7BrCl2O2/c8-3-1-2-4(7(2,9)10)6(12)5(3)11/h1-2,4-6,11-12H/t2-,4+,5-,6+/m1/s1. The van der Waals surface area contributed by atoms with Crippen LogP contribution in [-0.2, 0) is 0 Å². The highest BCUT2D eigenvalue weighted by Gasteiger charge is 2.68. The van der Waals surface area contributed by atoms with Gasteiger partial charge in [0.05, 0.1) is 6.10 Å². The van der Waals surface area contributed by atoms with Gasteiger partial charge in [-0.15, -0.1) is 23.2 Å². The minimum atomic E-state index is -0.893. The maximum Gasteiger partial charge on any atom is 0.131 e. The van der Waals surface area contributed by atoms with E-state index in [4.69, 9.17) is 23.2 Å². The Morgan fingerprint density at radius 3 is 2.58 bits per heavy atom. The molecule has 0 aliphatic heterocycles. The number of aliphatic hydroxyl groups excluding tert-OH is 2. The normalized spacial score (nSPS) is 49.6. The number of hydrogen-bond donors (Lipinski definition) is 2. The van der Waals surface area contributed by atoms with Gasteiger partial charge in [0.2, 0.25) is 0 Å². The Morgan fingerprint density at radius 2 is 2.00 bits per heavy atom. The molecular formula is C7H7BrCl2O2. The van der Waals surface area contributed by atoms with E-state index in [9.17, 15) is 10.2 Å². The Balaban J connectivity index is 2.29. The minimum absolute atomic E-state index is 0.0337. The monoisotopic (exact) mass is 272 g/mol. The lowest BCUT2D eigenvalue weighted by Gasteiger charge is -2.20. The van der Waals surface area contributed by atoms with Crippen molar-refractivity contribution in [3.63, 3.8) is 0 Å². The fourth-order valence-electron chi connectivity index (χ4n) is 1.66. The molecule has 2 N–H and O–H groups in total. The largest absolute Gasteiger partial charge is 0.390 e. The number of halogens is 3. The molecule has 5 heteroatoms. The van der Waals surface area contributed by atoms with E-state index in [1.807, 2.05) is 0 Å². The van der Waals surface area contributed by atoms with Crippen molar-refractivity contribution in [2.24, 2.45) is 11.8 Å². The van der Waals surface area contributed by atoms with E-state index in [1.54, 1.807) is 6.08 Å². The van der Waals surface area contributed by atoms with Crippen LogP contribution in [0.15, 0.2) is 10.6 Å². The molecule has 1 fully saturated rings. The van der Waals surface area contributed by atoms with Gasteiger partial charge >= 0.3 is 0 Å². The minimum Gasteiger partial charge on any atom is -0.390 e. The third kappa shape index (κ3) is 1.07. The first-order valence-corrected chi connectivity index (χ1v) is 5.12. The maximum atomic E-state index is 9.50. The predicted molar refractivity (Wildman–Crippen MR) is 50.4 cm³/mol. The van der Waals surface area contributed by atoms with Crippen LogP contribution in [0, 0.1) is 11.8 Å². The zero-order valence-electron chi connectivity index (χ0n) is 5.92. The van der Waals surface area contributed by atoms with Gasteiger partial charge in [-0.1, -0.05) is 22.0 Å². The summed E-state index contributed by atoms with van der Waals surface area (Å²) in [5.41, 5.74) is 0. The molecule has 2 rings (SSSR count). The molecular weight excluding hydrogens is 267 g/mol. The summed E-state index contributed by atoms with van der Waals surface area (Å²) in [6.45, 7) is 0. The van der Waals surface area contributed by atoms with Crippen LogP contribution in [0.2, 0.25) is 0 Å². The van der Waals surface area contributed by atoms with Crippen molar-refractivity contribution in [2.75, 3.05) is 0 Å². The molecule has 0 saturated heterocycles. The summed E-state index contributed by atoms with van der Waals surface area (Å²) < 4.78 is -0.324. The van der Waals surface area contributed by atoms with Crippen LogP contribution < -0.4 is 0 Å². The summed E-state index contributed by atoms with van der Waals surface area (Å²) in [5, 5.41) is 18.9. The summed E-state index contributed by atoms with van der Waals surface area (Å²) in [4.78, 5) is 0. The highest BCUT2D eigenvalue weighted by molar-refractivity contribution is 9.11. The Kier molecular flexibility index (Phi) is 2.02. The molecule has 0 spiro atoms. The SMILES string of the molecule is O[C@H]1[C@@H]2[C@@H](C=C(Br)[C@H]1O)C2(Cl)Cl. The van der Waals surface area contributed by atoms with Crippen LogP contribution in [0.25, 0.3) is 0 Å². The fraction of sp³-hybridized carbons (Fsp3) is 0.714. The molecule has 0 bridgehead atoms. The van der Waals surface area contributed by atoms with E-state index in [0.29, 0.717) is 4.48 Å². The van der Waals surface area contributed by atoms with Crippen molar-refractivity contribution in [3.8, 4) is 0 Å². The van der Waals surface area contributed by atoms with Gasteiger partial charge in [0, 0.05) is 16.3 Å². The number of fused-ring (bicyclic) bond motifs is 1. The smallest absolute Gasteiger partial charge is 0.131 e. The zero-order valence-corrected chi connectivity index (χ0v) is 9.01. The molecule has 2 nitrogen and oxygen atoms in total. The molecule has 2 aliphatic carbocycles. The van der Waals surface area contributed by atoms with Gasteiger partial charge in [-0.05, 0) is 0 Å². The maximum absolute atomic E-state index is 9.50. The molecule has 2 aliphatic rings. The third-order valence-corrected chi connectivity index (χ3v) is 4.22. The van der Waals surface area contributed by atoms with Crippen molar-refractivity contribution in [1.29, 1.82) is 0 Å². The lowest BCUT2D eigenvalue weighted by Crippen LogP contribution is -2.31. The quantitative estimate of drug-likeness (QED) is 0.656. The lowest BCUT2D eigenvalue weighted by molar-refractivity contribution is 0.0253. The average Bonchev–Trinajstić information content (AvgIpc) is 2.49. The summed E-state index contributed by atoms with van der Waals surface area (Å²) in [6.07, 6.45) is 0.0252. The number of aliphatic hydroxyl groups is 2. The Morgan fingerprint density at radius 1 is 1.42 bits per heavy atom. The molecule has 0 aromatic carbocycles. The van der Waals surface area contributed by atoms with Crippen LogP contribution in [0.1, 0.15) is 0 Å². The van der Waals surface area contributed by atoms with Gasteiger partial charge in [-0.2, -0.15) is 0 Å². The first-order valence-electron chi connectivity index (χ1n) is 3.57. The van der Waals surface area contributed by atoms with Gasteiger partial charge in [0.1, 0.15) is 10.4 Å². The van der Waals surface area contributed by atoms with Crippen molar-refractivity contribution in [2.45, 2.75) is 16.5 Å². The van der Waals surface area contributed by atoms with Gasteiger partial charge in [0.15, 0.2) is 0 Å². The van der Waals surface area contributed by atoms with Gasteiger partial charge in [-0.3, -0.25) is 0 Å². The summed E-state index contributed by atoms with van der Waals surface area (Å²) in [7, 11) is 0. The van der Waals surface area contributed by atoms with E-state index in [2.05, 4.69) is 15.9 Å². The average molecular weight is 274 g/mol. The van der Waals surface area contributed by atoms with E-state index in [-0.39, 0.29) is 11.8 Å². The van der Waals surface area contributed by atoms with E-state index < -0.39 is 16.5 Å². The predicted octanol–water partition coefficient (Wildman–Crippen LogP) is 1.42. The summed E-state index contributed by atoms with van der Waals surface area (Å²) in [5.74, 6) is -0.259. The molecule has 0 heterocycles. The van der Waals surface area contributed by atoms with E-state index in [0.717, 1.165) is 0 Å². The van der Waals surface area contributed by atoms with Crippen molar-refractivity contribution in [3.05, 3.63) is 10.6 Å². The second kappa shape index (κ2) is 2.61. The molecule has 12 heavy (non-hydrogen) atoms. The molecule has 0 aromatic rings. The second-order valence-electron chi connectivity index (χ2n) is 3.21. The number of rotatable bonds is 0. The van der Waals surface area contributed by atoms with E-state index >= 15 is 0 Å². The lowest BCUT2D eigenvalue weighted by atomic mass is 10.0. The van der Waals surface area contributed by atoms with Crippen LogP contribution in [-0.4, -0.2) is 26.8 Å². The van der Waals surface area contributed by atoms with Gasteiger partial charge < -0.3 is 10.2 Å². The Bertz CT molecular complexity index is 254. The first-order chi connectivity index (χ1) is 5.46. The summed E-state index contributed by atoms with van der Waals surface area (Å²) >= 11 is 14.9. The van der Waals surface area contributed by atoms with Crippen LogP contribution >= 0.6 is 39.1 Å². The Labute approximate surface area is 88.3 Å². The third-order valence-electron chi connectivity index (χ3n) is 2.48. The van der Waals surface area contributed by atoms with Crippen molar-refractivity contribution < 1.29 is 10.2 Å². The second-order valence-corrected chi connectivity index (χ2v) is 5.57. The van der Waals surface area contributed by atoms with E-state index in [1.165, 1.54) is 0 Å². The molecule has 0 radical (unpaired) electrons. The van der Waals surface area contributed by atoms with Gasteiger partial charge in [-0.25, -0.2) is 0 Å². The summed E-state index contributed by atoms with van der Waals surface area (Å²) in [6, 6.07) is 0. The molecule has 0 amide bonds. The zero-order chi connectivity index (χ0) is 9.09. The fourth-order valence-corrected chi connectivity index (χ4v) is 3.02.